The first-order chi connectivity index (χ1) is 9.70. The molecule has 2 rings (SSSR count). The van der Waals surface area contributed by atoms with E-state index in [1.807, 2.05) is 30.0 Å². The van der Waals surface area contributed by atoms with Gasteiger partial charge in [-0.25, -0.2) is 0 Å². The molecule has 0 heterocycles. The molecule has 118 valence electrons. The molecular weight excluding hydrogens is 284 g/mol. The van der Waals surface area contributed by atoms with Crippen molar-refractivity contribution in [2.75, 3.05) is 6.54 Å². The minimum atomic E-state index is 0. The zero-order valence-electron chi connectivity index (χ0n) is 12.8. The summed E-state index contributed by atoms with van der Waals surface area (Å²) in [6.07, 6.45) is 5.23. The second-order valence-corrected chi connectivity index (χ2v) is 5.81. The number of nitrogens with two attached hydrogens (primary N) is 1. The van der Waals surface area contributed by atoms with E-state index in [2.05, 4.69) is 12.1 Å². The van der Waals surface area contributed by atoms with Gasteiger partial charge < -0.3 is 10.6 Å². The smallest absolute Gasteiger partial charge is 0.223 e. The largest absolute Gasteiger partial charge is 0.339 e. The highest BCUT2D eigenvalue weighted by Crippen LogP contribution is 2.26. The molecule has 1 aromatic carbocycles. The van der Waals surface area contributed by atoms with E-state index in [9.17, 15) is 4.79 Å². The fourth-order valence-electron chi connectivity index (χ4n) is 3.02. The third kappa shape index (κ3) is 5.33. The van der Waals surface area contributed by atoms with Gasteiger partial charge in [-0.1, -0.05) is 43.2 Å². The highest BCUT2D eigenvalue weighted by atomic mass is 35.5. The molecule has 3 nitrogen and oxygen atoms in total. The maximum absolute atomic E-state index is 12.5. The normalized spacial score (nSPS) is 21.4. The van der Waals surface area contributed by atoms with Gasteiger partial charge in [-0.05, 0) is 31.2 Å². The van der Waals surface area contributed by atoms with Crippen molar-refractivity contribution < 1.29 is 4.79 Å². The molecule has 1 aliphatic rings. The summed E-state index contributed by atoms with van der Waals surface area (Å²) < 4.78 is 0. The first-order valence-corrected chi connectivity index (χ1v) is 7.78. The zero-order valence-corrected chi connectivity index (χ0v) is 13.6. The van der Waals surface area contributed by atoms with Crippen molar-refractivity contribution in [3.8, 4) is 0 Å². The summed E-state index contributed by atoms with van der Waals surface area (Å²) >= 11 is 0. The van der Waals surface area contributed by atoms with Gasteiger partial charge in [-0.3, -0.25) is 4.79 Å². The summed E-state index contributed by atoms with van der Waals surface area (Å²) in [5, 5.41) is 0. The highest BCUT2D eigenvalue weighted by molar-refractivity contribution is 5.85. The number of amides is 1. The predicted molar refractivity (Wildman–Crippen MR) is 89.3 cm³/mol. The molecule has 2 atom stereocenters. The lowest BCUT2D eigenvalue weighted by atomic mass is 9.82. The van der Waals surface area contributed by atoms with E-state index in [4.69, 9.17) is 5.73 Å². The average molecular weight is 311 g/mol. The molecule has 4 heteroatoms. The van der Waals surface area contributed by atoms with Gasteiger partial charge in [0.1, 0.15) is 0 Å². The van der Waals surface area contributed by atoms with Gasteiger partial charge in [0.05, 0.1) is 0 Å². The molecule has 0 aromatic heterocycles. The highest BCUT2D eigenvalue weighted by Gasteiger charge is 2.25. The van der Waals surface area contributed by atoms with Crippen LogP contribution in [0.4, 0.5) is 0 Å². The molecule has 2 unspecified atom stereocenters. The molecule has 1 amide bonds. The summed E-state index contributed by atoms with van der Waals surface area (Å²) in [6, 6.07) is 10.4. The quantitative estimate of drug-likeness (QED) is 0.906. The molecule has 1 fully saturated rings. The van der Waals surface area contributed by atoms with Crippen LogP contribution in [-0.2, 0) is 11.3 Å². The SMILES string of the molecule is CCN(Cc1ccccc1)C(=O)CC1CCCCC1N.Cl. The first-order valence-electron chi connectivity index (χ1n) is 7.78. The molecule has 21 heavy (non-hydrogen) atoms. The van der Waals surface area contributed by atoms with Crippen LogP contribution in [-0.4, -0.2) is 23.4 Å². The van der Waals surface area contributed by atoms with Crippen LogP contribution in [0.3, 0.4) is 0 Å². The summed E-state index contributed by atoms with van der Waals surface area (Å²) in [7, 11) is 0. The molecule has 0 spiro atoms. The topological polar surface area (TPSA) is 46.3 Å². The van der Waals surface area contributed by atoms with E-state index in [1.54, 1.807) is 0 Å². The first kappa shape index (κ1) is 18.0. The lowest BCUT2D eigenvalue weighted by molar-refractivity contribution is -0.133. The second kappa shape index (κ2) is 9.06. The molecule has 1 saturated carbocycles. The summed E-state index contributed by atoms with van der Waals surface area (Å²) in [4.78, 5) is 14.4. The van der Waals surface area contributed by atoms with Crippen molar-refractivity contribution in [2.45, 2.75) is 51.6 Å². The van der Waals surface area contributed by atoms with Gasteiger partial charge >= 0.3 is 0 Å². The number of benzene rings is 1. The van der Waals surface area contributed by atoms with Gasteiger partial charge in [0.25, 0.3) is 0 Å². The summed E-state index contributed by atoms with van der Waals surface area (Å²) in [5.74, 6) is 0.625. The van der Waals surface area contributed by atoms with E-state index < -0.39 is 0 Å². The van der Waals surface area contributed by atoms with Crippen LogP contribution < -0.4 is 5.73 Å². The van der Waals surface area contributed by atoms with Crippen molar-refractivity contribution >= 4 is 18.3 Å². The molecule has 0 bridgehead atoms. The van der Waals surface area contributed by atoms with Gasteiger partial charge in [-0.2, -0.15) is 0 Å². The lowest BCUT2D eigenvalue weighted by Gasteiger charge is -2.30. The number of hydrogen-bond donors (Lipinski definition) is 1. The Hall–Kier alpha value is -1.06. The van der Waals surface area contributed by atoms with Crippen LogP contribution in [0.25, 0.3) is 0 Å². The number of rotatable bonds is 5. The number of carbonyl (C=O) groups excluding carboxylic acids is 1. The Balaban J connectivity index is 0.00000220. The van der Waals surface area contributed by atoms with E-state index in [0.29, 0.717) is 18.9 Å². The van der Waals surface area contributed by atoms with Crippen molar-refractivity contribution in [3.63, 3.8) is 0 Å². The van der Waals surface area contributed by atoms with Crippen molar-refractivity contribution in [1.29, 1.82) is 0 Å². The standard InChI is InChI=1S/C17H26N2O.ClH/c1-2-19(13-14-8-4-3-5-9-14)17(20)12-15-10-6-7-11-16(15)18;/h3-5,8-9,15-16H,2,6-7,10-13,18H2,1H3;1H. The average Bonchev–Trinajstić information content (AvgIpc) is 2.48. The Labute approximate surface area is 134 Å². The van der Waals surface area contributed by atoms with Crippen LogP contribution in [0.15, 0.2) is 30.3 Å². The maximum atomic E-state index is 12.5. The van der Waals surface area contributed by atoms with Crippen molar-refractivity contribution in [1.82, 2.24) is 4.90 Å². The van der Waals surface area contributed by atoms with Crippen LogP contribution in [0.1, 0.15) is 44.6 Å². The minimum absolute atomic E-state index is 0. The molecule has 0 aliphatic heterocycles. The predicted octanol–water partition coefficient (Wildman–Crippen LogP) is 3.36. The molecule has 2 N–H and O–H groups in total. The molecule has 1 aromatic rings. The van der Waals surface area contributed by atoms with Crippen molar-refractivity contribution in [3.05, 3.63) is 35.9 Å². The molecule has 0 radical (unpaired) electrons. The molecular formula is C17H27ClN2O. The van der Waals surface area contributed by atoms with Crippen LogP contribution in [0, 0.1) is 5.92 Å². The number of halogens is 1. The minimum Gasteiger partial charge on any atom is -0.339 e. The number of hydrogen-bond acceptors (Lipinski definition) is 2. The summed E-state index contributed by atoms with van der Waals surface area (Å²) in [5.41, 5.74) is 7.34. The Bertz CT molecular complexity index is 424. The fourth-order valence-corrected chi connectivity index (χ4v) is 3.02. The number of nitrogens with zero attached hydrogens (tertiary/aromatic N) is 1. The van der Waals surface area contributed by atoms with E-state index in [0.717, 1.165) is 19.4 Å². The van der Waals surface area contributed by atoms with Gasteiger partial charge in [0.2, 0.25) is 5.91 Å². The Morgan fingerprint density at radius 3 is 2.52 bits per heavy atom. The third-order valence-corrected chi connectivity index (χ3v) is 4.36. The molecule has 1 aliphatic carbocycles. The van der Waals surface area contributed by atoms with E-state index in [-0.39, 0.29) is 24.4 Å². The molecule has 0 saturated heterocycles. The van der Waals surface area contributed by atoms with Gasteiger partial charge in [0, 0.05) is 25.6 Å². The third-order valence-electron chi connectivity index (χ3n) is 4.36. The van der Waals surface area contributed by atoms with Crippen molar-refractivity contribution in [2.24, 2.45) is 11.7 Å². The number of carbonyl (C=O) groups is 1. The van der Waals surface area contributed by atoms with Crippen LogP contribution in [0.5, 0.6) is 0 Å². The van der Waals surface area contributed by atoms with Crippen LogP contribution >= 0.6 is 12.4 Å². The summed E-state index contributed by atoms with van der Waals surface area (Å²) in [6.45, 7) is 3.51. The van der Waals surface area contributed by atoms with Gasteiger partial charge in [0.15, 0.2) is 0 Å². The maximum Gasteiger partial charge on any atom is 0.223 e. The van der Waals surface area contributed by atoms with E-state index in [1.165, 1.54) is 18.4 Å². The second-order valence-electron chi connectivity index (χ2n) is 5.81. The Kier molecular flexibility index (Phi) is 7.76. The Morgan fingerprint density at radius 1 is 1.24 bits per heavy atom. The zero-order chi connectivity index (χ0) is 14.4. The monoisotopic (exact) mass is 310 g/mol. The Morgan fingerprint density at radius 2 is 1.90 bits per heavy atom. The van der Waals surface area contributed by atoms with Gasteiger partial charge in [-0.15, -0.1) is 12.4 Å². The lowest BCUT2D eigenvalue weighted by Crippen LogP contribution is -2.38. The van der Waals surface area contributed by atoms with Crippen LogP contribution in [0.2, 0.25) is 0 Å². The fraction of sp³-hybridized carbons (Fsp3) is 0.588. The van der Waals surface area contributed by atoms with E-state index >= 15 is 0 Å².